The van der Waals surface area contributed by atoms with E-state index in [1.54, 1.807) is 0 Å². The van der Waals surface area contributed by atoms with Gasteiger partial charge in [-0.15, -0.1) is 0 Å². The highest BCUT2D eigenvalue weighted by Crippen LogP contribution is 2.24. The first-order valence-electron chi connectivity index (χ1n) is 3.98. The van der Waals surface area contributed by atoms with Gasteiger partial charge in [0, 0.05) is 18.6 Å². The van der Waals surface area contributed by atoms with Crippen molar-refractivity contribution in [3.63, 3.8) is 0 Å². The van der Waals surface area contributed by atoms with Gasteiger partial charge in [-0.2, -0.15) is 0 Å². The van der Waals surface area contributed by atoms with Gasteiger partial charge in [-0.1, -0.05) is 0 Å². The van der Waals surface area contributed by atoms with E-state index in [2.05, 4.69) is 0 Å². The summed E-state index contributed by atoms with van der Waals surface area (Å²) < 4.78 is 0. The van der Waals surface area contributed by atoms with Gasteiger partial charge in [-0.3, -0.25) is 0 Å². The number of aliphatic hydroxyl groups excluding tert-OH is 4. The molecule has 0 aromatic rings. The second-order valence-electron chi connectivity index (χ2n) is 3.31. The lowest BCUT2D eigenvalue weighted by Crippen LogP contribution is -2.57. The predicted octanol–water partition coefficient (Wildman–Crippen LogP) is -2.59. The SMILES string of the molecule is N[C@@H]1C[C@H](CO)[C@H](O)[C@H](O)[C@@H]1O. The number of hydrogen-bond donors (Lipinski definition) is 5. The Morgan fingerprint density at radius 2 is 1.67 bits per heavy atom. The van der Waals surface area contributed by atoms with E-state index >= 15 is 0 Å². The van der Waals surface area contributed by atoms with Gasteiger partial charge < -0.3 is 26.2 Å². The smallest absolute Gasteiger partial charge is 0.108 e. The fourth-order valence-corrected chi connectivity index (χ4v) is 1.55. The van der Waals surface area contributed by atoms with Gasteiger partial charge in [0.15, 0.2) is 0 Å². The lowest BCUT2D eigenvalue weighted by atomic mass is 9.80. The number of hydrogen-bond acceptors (Lipinski definition) is 5. The normalized spacial score (nSPS) is 49.2. The lowest BCUT2D eigenvalue weighted by molar-refractivity contribution is -0.125. The van der Waals surface area contributed by atoms with E-state index < -0.39 is 30.3 Å². The van der Waals surface area contributed by atoms with Crippen LogP contribution >= 0.6 is 0 Å². The molecular weight excluding hydrogens is 162 g/mol. The van der Waals surface area contributed by atoms with Crippen LogP contribution in [0.4, 0.5) is 0 Å². The van der Waals surface area contributed by atoms with E-state index in [9.17, 15) is 15.3 Å². The summed E-state index contributed by atoms with van der Waals surface area (Å²) >= 11 is 0. The molecule has 0 radical (unpaired) electrons. The molecule has 5 heteroatoms. The van der Waals surface area contributed by atoms with Gasteiger partial charge in [0.25, 0.3) is 0 Å². The van der Waals surface area contributed by atoms with Crippen LogP contribution in [0.15, 0.2) is 0 Å². The van der Waals surface area contributed by atoms with Gasteiger partial charge in [0.05, 0.1) is 12.2 Å². The zero-order valence-corrected chi connectivity index (χ0v) is 6.67. The summed E-state index contributed by atoms with van der Waals surface area (Å²) in [5, 5.41) is 36.5. The average Bonchev–Trinajstić information content (AvgIpc) is 2.08. The predicted molar refractivity (Wildman–Crippen MR) is 41.2 cm³/mol. The molecule has 5 atom stereocenters. The molecule has 1 saturated carbocycles. The number of nitrogens with two attached hydrogens (primary N) is 1. The van der Waals surface area contributed by atoms with Crippen molar-refractivity contribution in [3.8, 4) is 0 Å². The van der Waals surface area contributed by atoms with Crippen molar-refractivity contribution >= 4 is 0 Å². The van der Waals surface area contributed by atoms with Crippen LogP contribution < -0.4 is 5.73 Å². The summed E-state index contributed by atoms with van der Waals surface area (Å²) in [4.78, 5) is 0. The summed E-state index contributed by atoms with van der Waals surface area (Å²) in [6.45, 7) is -0.224. The lowest BCUT2D eigenvalue weighted by Gasteiger charge is -2.38. The molecular formula is C7H15NO4. The molecule has 1 fully saturated rings. The second-order valence-corrected chi connectivity index (χ2v) is 3.31. The Bertz CT molecular complexity index is 150. The van der Waals surface area contributed by atoms with Crippen LogP contribution in [-0.4, -0.2) is 51.4 Å². The molecule has 1 rings (SSSR count). The van der Waals surface area contributed by atoms with Crippen molar-refractivity contribution in [3.05, 3.63) is 0 Å². The first-order chi connectivity index (χ1) is 5.57. The maximum absolute atomic E-state index is 9.30. The Labute approximate surface area is 70.4 Å². The summed E-state index contributed by atoms with van der Waals surface area (Å²) in [6, 6.07) is -0.569. The Hall–Kier alpha value is -0.200. The maximum atomic E-state index is 9.30. The molecule has 1 aliphatic carbocycles. The molecule has 0 aromatic heterocycles. The second kappa shape index (κ2) is 3.68. The van der Waals surface area contributed by atoms with Crippen LogP contribution in [0.5, 0.6) is 0 Å². The zero-order valence-electron chi connectivity index (χ0n) is 6.67. The Morgan fingerprint density at radius 3 is 2.17 bits per heavy atom. The van der Waals surface area contributed by atoms with Crippen LogP contribution in [0.3, 0.4) is 0 Å². The molecule has 0 aromatic carbocycles. The van der Waals surface area contributed by atoms with E-state index in [0.717, 1.165) is 0 Å². The van der Waals surface area contributed by atoms with Gasteiger partial charge in [0.1, 0.15) is 6.10 Å². The molecule has 6 N–H and O–H groups in total. The molecule has 0 aliphatic heterocycles. The van der Waals surface area contributed by atoms with Crippen LogP contribution in [0, 0.1) is 5.92 Å². The van der Waals surface area contributed by atoms with E-state index in [-0.39, 0.29) is 6.61 Å². The van der Waals surface area contributed by atoms with Gasteiger partial charge in [0.2, 0.25) is 0 Å². The monoisotopic (exact) mass is 177 g/mol. The summed E-state index contributed by atoms with van der Waals surface area (Å²) in [6.07, 6.45) is -3.09. The minimum atomic E-state index is -1.24. The topological polar surface area (TPSA) is 107 Å². The number of rotatable bonds is 1. The van der Waals surface area contributed by atoms with Crippen LogP contribution in [0.2, 0.25) is 0 Å². The van der Waals surface area contributed by atoms with Crippen molar-refractivity contribution < 1.29 is 20.4 Å². The Kier molecular flexibility index (Phi) is 3.03. The Balaban J connectivity index is 2.63. The first kappa shape index (κ1) is 9.88. The van der Waals surface area contributed by atoms with E-state index in [1.165, 1.54) is 0 Å². The molecule has 0 bridgehead atoms. The fourth-order valence-electron chi connectivity index (χ4n) is 1.55. The minimum absolute atomic E-state index is 0.224. The fraction of sp³-hybridized carbons (Fsp3) is 1.00. The van der Waals surface area contributed by atoms with E-state index in [4.69, 9.17) is 10.8 Å². The molecule has 0 amide bonds. The first-order valence-corrected chi connectivity index (χ1v) is 3.98. The Morgan fingerprint density at radius 1 is 1.08 bits per heavy atom. The standard InChI is InChI=1S/C7H15NO4/c8-4-1-3(2-9)5(10)7(12)6(4)11/h3-7,9-12H,1-2,8H2/t3-,4-,5+,6-,7+/m1/s1. The third kappa shape index (κ3) is 1.60. The van der Waals surface area contributed by atoms with Crippen molar-refractivity contribution in [2.75, 3.05) is 6.61 Å². The average molecular weight is 177 g/mol. The molecule has 0 saturated heterocycles. The van der Waals surface area contributed by atoms with E-state index in [1.807, 2.05) is 0 Å². The van der Waals surface area contributed by atoms with Crippen LogP contribution in [0.1, 0.15) is 6.42 Å². The minimum Gasteiger partial charge on any atom is -0.396 e. The molecule has 72 valence electrons. The summed E-state index contributed by atoms with van der Waals surface area (Å²) in [5.41, 5.74) is 5.46. The highest BCUT2D eigenvalue weighted by molar-refractivity contribution is 4.94. The van der Waals surface area contributed by atoms with E-state index in [0.29, 0.717) is 6.42 Å². The van der Waals surface area contributed by atoms with Crippen molar-refractivity contribution in [2.45, 2.75) is 30.8 Å². The van der Waals surface area contributed by atoms with Crippen LogP contribution in [-0.2, 0) is 0 Å². The molecule has 5 nitrogen and oxygen atoms in total. The van der Waals surface area contributed by atoms with Crippen molar-refractivity contribution in [1.29, 1.82) is 0 Å². The van der Waals surface area contributed by atoms with Gasteiger partial charge in [-0.05, 0) is 6.42 Å². The summed E-state index contributed by atoms with van der Waals surface area (Å²) in [5.74, 6) is -0.432. The highest BCUT2D eigenvalue weighted by atomic mass is 16.4. The largest absolute Gasteiger partial charge is 0.396 e. The van der Waals surface area contributed by atoms with Gasteiger partial charge >= 0.3 is 0 Å². The van der Waals surface area contributed by atoms with Crippen molar-refractivity contribution in [1.82, 2.24) is 0 Å². The molecule has 0 unspecified atom stereocenters. The third-order valence-electron chi connectivity index (χ3n) is 2.43. The maximum Gasteiger partial charge on any atom is 0.108 e. The number of aliphatic hydroxyl groups is 4. The third-order valence-corrected chi connectivity index (χ3v) is 2.43. The van der Waals surface area contributed by atoms with Crippen molar-refractivity contribution in [2.24, 2.45) is 11.7 Å². The van der Waals surface area contributed by atoms with Crippen LogP contribution in [0.25, 0.3) is 0 Å². The van der Waals surface area contributed by atoms with Gasteiger partial charge in [-0.25, -0.2) is 0 Å². The molecule has 12 heavy (non-hydrogen) atoms. The molecule has 1 aliphatic rings. The molecule has 0 spiro atoms. The quantitative estimate of drug-likeness (QED) is 0.302. The summed E-state index contributed by atoms with van der Waals surface area (Å²) in [7, 11) is 0. The molecule has 0 heterocycles. The zero-order chi connectivity index (χ0) is 9.30. The highest BCUT2D eigenvalue weighted by Gasteiger charge is 2.40.